The second kappa shape index (κ2) is 9.00. The fourth-order valence-electron chi connectivity index (χ4n) is 2.88. The number of aromatic nitrogens is 1. The Morgan fingerprint density at radius 3 is 2.37 bits per heavy atom. The summed E-state index contributed by atoms with van der Waals surface area (Å²) in [5.74, 6) is 1.05. The first kappa shape index (κ1) is 20.6. The molecule has 0 radical (unpaired) electrons. The lowest BCUT2D eigenvalue weighted by atomic mass is 10.2. The zero-order valence-corrected chi connectivity index (χ0v) is 18.3. The third-order valence-electron chi connectivity index (χ3n) is 4.45. The molecule has 2 aromatic heterocycles. The van der Waals surface area contributed by atoms with Crippen molar-refractivity contribution in [3.63, 3.8) is 0 Å². The molecule has 4 nitrogen and oxygen atoms in total. The minimum absolute atomic E-state index is 0.0496. The van der Waals surface area contributed by atoms with Crippen LogP contribution in [0.15, 0.2) is 90.0 Å². The number of thiophene rings is 1. The van der Waals surface area contributed by atoms with Crippen molar-refractivity contribution in [1.82, 2.24) is 4.98 Å². The number of aryl methyl sites for hydroxylation is 1. The lowest BCUT2D eigenvalue weighted by Crippen LogP contribution is -2.08. The van der Waals surface area contributed by atoms with Gasteiger partial charge >= 0.3 is 0 Å². The standard InChI is InChI=1S/C23H18ClNO3S2/c24-18-6-4-17(5-7-18)22-13-10-20(29-22)14-16-30(26,27)21-11-8-19(9-12-21)28-23-3-1-2-15-25-23/h1-13,15H,14,16H2. The molecule has 0 N–H and O–H groups in total. The summed E-state index contributed by atoms with van der Waals surface area (Å²) < 4.78 is 31.1. The van der Waals surface area contributed by atoms with Gasteiger partial charge in [0.2, 0.25) is 5.88 Å². The van der Waals surface area contributed by atoms with E-state index in [4.69, 9.17) is 16.3 Å². The highest BCUT2D eigenvalue weighted by atomic mass is 35.5. The molecule has 0 atom stereocenters. The summed E-state index contributed by atoms with van der Waals surface area (Å²) in [6, 6.07) is 23.4. The third-order valence-corrected chi connectivity index (χ3v) is 7.63. The van der Waals surface area contributed by atoms with Crippen LogP contribution in [0.4, 0.5) is 0 Å². The number of nitrogens with zero attached hydrogens (tertiary/aromatic N) is 1. The Kier molecular flexibility index (Phi) is 6.18. The Hall–Kier alpha value is -2.67. The molecule has 0 amide bonds. The van der Waals surface area contributed by atoms with Gasteiger partial charge in [-0.2, -0.15) is 0 Å². The summed E-state index contributed by atoms with van der Waals surface area (Å²) >= 11 is 7.54. The first-order valence-corrected chi connectivity index (χ1v) is 12.1. The average molecular weight is 456 g/mol. The first-order valence-electron chi connectivity index (χ1n) is 9.26. The molecule has 0 aliphatic rings. The molecule has 7 heteroatoms. The summed E-state index contributed by atoms with van der Waals surface area (Å²) in [4.78, 5) is 6.49. The number of halogens is 1. The van der Waals surface area contributed by atoms with E-state index >= 15 is 0 Å². The van der Waals surface area contributed by atoms with Crippen molar-refractivity contribution in [1.29, 1.82) is 0 Å². The van der Waals surface area contributed by atoms with Crippen LogP contribution in [0.1, 0.15) is 4.88 Å². The predicted octanol–water partition coefficient (Wildman–Crippen LogP) is 6.27. The molecule has 0 aliphatic heterocycles. The smallest absolute Gasteiger partial charge is 0.219 e. The van der Waals surface area contributed by atoms with Crippen molar-refractivity contribution in [3.05, 3.63) is 95.0 Å². The highest BCUT2D eigenvalue weighted by Gasteiger charge is 2.16. The highest BCUT2D eigenvalue weighted by Crippen LogP contribution is 2.30. The Bertz CT molecular complexity index is 1220. The molecule has 2 heterocycles. The van der Waals surface area contributed by atoms with Gasteiger partial charge in [0.25, 0.3) is 0 Å². The van der Waals surface area contributed by atoms with Gasteiger partial charge in [0.15, 0.2) is 9.84 Å². The molecule has 30 heavy (non-hydrogen) atoms. The molecule has 0 saturated heterocycles. The fourth-order valence-corrected chi connectivity index (χ4v) is 5.42. The SMILES string of the molecule is O=S(=O)(CCc1ccc(-c2ccc(Cl)cc2)s1)c1ccc(Oc2ccccn2)cc1. The van der Waals surface area contributed by atoms with Crippen molar-refractivity contribution in [2.24, 2.45) is 0 Å². The third kappa shape index (κ3) is 5.08. The van der Waals surface area contributed by atoms with E-state index in [0.29, 0.717) is 23.1 Å². The number of pyridine rings is 1. The molecular weight excluding hydrogens is 438 g/mol. The minimum Gasteiger partial charge on any atom is -0.439 e. The van der Waals surface area contributed by atoms with Gasteiger partial charge in [-0.1, -0.05) is 29.8 Å². The van der Waals surface area contributed by atoms with Gasteiger partial charge in [-0.25, -0.2) is 13.4 Å². The molecular formula is C23H18ClNO3S2. The second-order valence-electron chi connectivity index (χ2n) is 6.58. The Morgan fingerprint density at radius 2 is 1.67 bits per heavy atom. The van der Waals surface area contributed by atoms with Crippen LogP contribution in [0.3, 0.4) is 0 Å². The molecule has 4 rings (SSSR count). The number of rotatable bonds is 7. The Labute approximate surface area is 184 Å². The van der Waals surface area contributed by atoms with Crippen LogP contribution in [0, 0.1) is 0 Å². The number of hydrogen-bond acceptors (Lipinski definition) is 5. The zero-order valence-electron chi connectivity index (χ0n) is 15.9. The van der Waals surface area contributed by atoms with Crippen LogP contribution in [0.5, 0.6) is 11.6 Å². The van der Waals surface area contributed by atoms with E-state index in [1.54, 1.807) is 53.9 Å². The van der Waals surface area contributed by atoms with Crippen LogP contribution >= 0.6 is 22.9 Å². The molecule has 152 valence electrons. The van der Waals surface area contributed by atoms with Crippen molar-refractivity contribution >= 4 is 32.8 Å². The molecule has 2 aromatic carbocycles. The number of sulfone groups is 1. The van der Waals surface area contributed by atoms with Crippen LogP contribution in [0.2, 0.25) is 5.02 Å². The first-order chi connectivity index (χ1) is 14.5. The number of ether oxygens (including phenoxy) is 1. The number of hydrogen-bond donors (Lipinski definition) is 0. The largest absolute Gasteiger partial charge is 0.439 e. The van der Waals surface area contributed by atoms with Crippen molar-refractivity contribution in [2.45, 2.75) is 11.3 Å². The summed E-state index contributed by atoms with van der Waals surface area (Å²) in [5.41, 5.74) is 1.07. The van der Waals surface area contributed by atoms with Crippen molar-refractivity contribution in [2.75, 3.05) is 5.75 Å². The minimum atomic E-state index is -3.39. The van der Waals surface area contributed by atoms with Crippen molar-refractivity contribution in [3.8, 4) is 22.1 Å². The van der Waals surface area contributed by atoms with E-state index in [2.05, 4.69) is 4.98 Å². The normalized spacial score (nSPS) is 11.4. The van der Waals surface area contributed by atoms with Gasteiger partial charge in [0.05, 0.1) is 10.6 Å². The molecule has 0 saturated carbocycles. The Balaban J connectivity index is 1.40. The summed E-state index contributed by atoms with van der Waals surface area (Å²) in [6.45, 7) is 0. The maximum Gasteiger partial charge on any atom is 0.219 e. The lowest BCUT2D eigenvalue weighted by Gasteiger charge is -2.07. The lowest BCUT2D eigenvalue weighted by molar-refractivity contribution is 0.462. The summed E-state index contributed by atoms with van der Waals surface area (Å²) in [6.07, 6.45) is 2.10. The van der Waals surface area contributed by atoms with Crippen LogP contribution in [0.25, 0.3) is 10.4 Å². The molecule has 0 unspecified atom stereocenters. The molecule has 0 bridgehead atoms. The second-order valence-corrected chi connectivity index (χ2v) is 10.3. The fraction of sp³-hybridized carbons (Fsp3) is 0.0870. The monoisotopic (exact) mass is 455 g/mol. The van der Waals surface area contributed by atoms with Crippen LogP contribution in [-0.4, -0.2) is 19.2 Å². The van der Waals surface area contributed by atoms with Crippen molar-refractivity contribution < 1.29 is 13.2 Å². The highest BCUT2D eigenvalue weighted by molar-refractivity contribution is 7.91. The van der Waals surface area contributed by atoms with Crippen LogP contribution in [-0.2, 0) is 16.3 Å². The van der Waals surface area contributed by atoms with Gasteiger partial charge in [-0.3, -0.25) is 0 Å². The van der Waals surface area contributed by atoms with Gasteiger partial charge in [0.1, 0.15) is 5.75 Å². The van der Waals surface area contributed by atoms with Crippen LogP contribution < -0.4 is 4.74 Å². The quantitative estimate of drug-likeness (QED) is 0.329. The Morgan fingerprint density at radius 1 is 0.900 bits per heavy atom. The molecule has 0 spiro atoms. The maximum atomic E-state index is 12.7. The van der Waals surface area contributed by atoms with E-state index in [9.17, 15) is 8.42 Å². The van der Waals surface area contributed by atoms with E-state index in [-0.39, 0.29) is 10.6 Å². The summed E-state index contributed by atoms with van der Waals surface area (Å²) in [5, 5.41) is 0.693. The van der Waals surface area contributed by atoms with E-state index < -0.39 is 9.84 Å². The van der Waals surface area contributed by atoms with E-state index in [0.717, 1.165) is 15.3 Å². The topological polar surface area (TPSA) is 56.3 Å². The predicted molar refractivity (Wildman–Crippen MR) is 121 cm³/mol. The average Bonchev–Trinajstić information content (AvgIpc) is 3.23. The molecule has 4 aromatic rings. The van der Waals surface area contributed by atoms with E-state index in [1.165, 1.54) is 0 Å². The van der Waals surface area contributed by atoms with Gasteiger partial charge < -0.3 is 4.74 Å². The van der Waals surface area contributed by atoms with Gasteiger partial charge in [-0.15, -0.1) is 11.3 Å². The van der Waals surface area contributed by atoms with Gasteiger partial charge in [0, 0.05) is 27.0 Å². The van der Waals surface area contributed by atoms with E-state index in [1.807, 2.05) is 42.5 Å². The molecule has 0 aliphatic carbocycles. The molecule has 0 fully saturated rings. The maximum absolute atomic E-state index is 12.7. The number of benzene rings is 2. The van der Waals surface area contributed by atoms with Gasteiger partial charge in [-0.05, 0) is 66.6 Å². The summed E-state index contributed by atoms with van der Waals surface area (Å²) in [7, 11) is -3.39. The zero-order chi connectivity index (χ0) is 21.0.